The van der Waals surface area contributed by atoms with Gasteiger partial charge in [0.15, 0.2) is 23.3 Å². The van der Waals surface area contributed by atoms with Gasteiger partial charge < -0.3 is 15.3 Å². The lowest BCUT2D eigenvalue weighted by atomic mass is 9.49. The number of carboxylic acid groups (broad SMARTS) is 1. The number of aliphatic carboxylic acids is 1. The van der Waals surface area contributed by atoms with E-state index in [1.165, 1.54) is 0 Å². The van der Waals surface area contributed by atoms with Gasteiger partial charge in [-0.15, -0.1) is 0 Å². The van der Waals surface area contributed by atoms with E-state index in [1.54, 1.807) is 6.92 Å². The number of rotatable bonds is 8. The number of halogens is 6. The fourth-order valence-corrected chi connectivity index (χ4v) is 7.19. The van der Waals surface area contributed by atoms with E-state index >= 15 is 0 Å². The number of carbonyl (C=O) groups excluding carboxylic acids is 1. The van der Waals surface area contributed by atoms with Crippen LogP contribution in [-0.4, -0.2) is 35.8 Å². The molecular weight excluding hydrogens is 627 g/mol. The number of carboxylic acids is 1. The lowest BCUT2D eigenvalue weighted by Gasteiger charge is -2.53. The minimum absolute atomic E-state index is 0.0398. The third kappa shape index (κ3) is 5.42. The second kappa shape index (κ2) is 11.9. The number of benzene rings is 2. The fraction of sp³-hybridized carbons (Fsp3) is 0.500. The Morgan fingerprint density at radius 2 is 1.69 bits per heavy atom. The summed E-state index contributed by atoms with van der Waals surface area (Å²) in [5, 5.41) is 16.7. The predicted molar refractivity (Wildman–Crippen MR) is 149 cm³/mol. The van der Waals surface area contributed by atoms with Crippen molar-refractivity contribution in [2.75, 3.05) is 13.2 Å². The second-order valence-electron chi connectivity index (χ2n) is 11.7. The van der Waals surface area contributed by atoms with Crippen molar-refractivity contribution in [2.45, 2.75) is 71.1 Å². The molecule has 1 saturated carbocycles. The first-order valence-electron chi connectivity index (χ1n) is 13.7. The highest BCUT2D eigenvalue weighted by Gasteiger charge is 2.56. The third-order valence-corrected chi connectivity index (χ3v) is 9.50. The Balaban J connectivity index is 1.53. The molecule has 0 unspecified atom stereocenters. The Morgan fingerprint density at radius 3 is 2.29 bits per heavy atom. The van der Waals surface area contributed by atoms with Gasteiger partial charge in [-0.25, -0.2) is 22.0 Å². The first kappa shape index (κ1) is 31.9. The summed E-state index contributed by atoms with van der Waals surface area (Å²) in [6.07, 6.45) is 2.63. The monoisotopic (exact) mass is 658 g/mol. The summed E-state index contributed by atoms with van der Waals surface area (Å²) in [4.78, 5) is 30.2. The van der Waals surface area contributed by atoms with Gasteiger partial charge in [-0.1, -0.05) is 48.3 Å². The van der Waals surface area contributed by atoms with Gasteiger partial charge in [0.2, 0.25) is 5.82 Å². The Morgan fingerprint density at radius 1 is 1.07 bits per heavy atom. The quantitative estimate of drug-likeness (QED) is 0.102. The molecule has 0 aliphatic heterocycles. The minimum Gasteiger partial charge on any atom is -0.481 e. The van der Waals surface area contributed by atoms with Crippen molar-refractivity contribution in [2.24, 2.45) is 16.5 Å². The molecular formula is C30H32BrF5N2O4. The van der Waals surface area contributed by atoms with Crippen molar-refractivity contribution in [3.63, 3.8) is 0 Å². The van der Waals surface area contributed by atoms with Gasteiger partial charge in [-0.05, 0) is 66.7 Å². The number of fused-ring (bicyclic) bond motifs is 3. The first-order chi connectivity index (χ1) is 19.6. The van der Waals surface area contributed by atoms with E-state index in [0.717, 1.165) is 34.0 Å². The largest absolute Gasteiger partial charge is 0.481 e. The standard InChI is InChI=1S/C30H32BrF5N2O4/c1-14(2)15-11-16-17(12-18(15)31)29(3)7-5-8-30(4,28(40)41)20(29)13-19(16)38-42-10-6-9-37-27(39)21-22(32)24(34)26(36)25(35)23(21)33/h11-12,14,20H,5-10,13H2,1-4H3,(H,37,39)(H,40,41)/b38-19+/t20-,29-,30-/m1/s1. The summed E-state index contributed by atoms with van der Waals surface area (Å²) in [5.41, 5.74) is 0.622. The van der Waals surface area contributed by atoms with Crippen molar-refractivity contribution in [1.29, 1.82) is 0 Å². The van der Waals surface area contributed by atoms with E-state index in [-0.39, 0.29) is 31.4 Å². The van der Waals surface area contributed by atoms with Gasteiger partial charge in [-0.3, -0.25) is 9.59 Å². The Hall–Kier alpha value is -3.02. The second-order valence-corrected chi connectivity index (χ2v) is 12.6. The Bertz CT molecular complexity index is 1440. The molecule has 42 heavy (non-hydrogen) atoms. The summed E-state index contributed by atoms with van der Waals surface area (Å²) in [7, 11) is 0. The van der Waals surface area contributed by atoms with Crippen LogP contribution in [-0.2, 0) is 15.0 Å². The molecule has 1 amide bonds. The van der Waals surface area contributed by atoms with E-state index in [9.17, 15) is 36.6 Å². The van der Waals surface area contributed by atoms with Crippen molar-refractivity contribution >= 4 is 33.5 Å². The highest BCUT2D eigenvalue weighted by atomic mass is 79.9. The third-order valence-electron chi connectivity index (χ3n) is 8.81. The summed E-state index contributed by atoms with van der Waals surface area (Å²) in [6, 6.07) is 4.12. The van der Waals surface area contributed by atoms with E-state index in [0.29, 0.717) is 18.6 Å². The molecule has 12 heteroatoms. The van der Waals surface area contributed by atoms with Gasteiger partial charge in [0.25, 0.3) is 5.91 Å². The lowest BCUT2D eigenvalue weighted by Crippen LogP contribution is -2.53. The molecule has 0 spiro atoms. The van der Waals surface area contributed by atoms with Gasteiger partial charge >= 0.3 is 5.97 Å². The lowest BCUT2D eigenvalue weighted by molar-refractivity contribution is -0.156. The van der Waals surface area contributed by atoms with Gasteiger partial charge in [0.1, 0.15) is 12.2 Å². The van der Waals surface area contributed by atoms with Crippen LogP contribution in [0.15, 0.2) is 21.8 Å². The van der Waals surface area contributed by atoms with E-state index in [1.807, 2.05) is 0 Å². The van der Waals surface area contributed by atoms with Crippen molar-refractivity contribution in [3.05, 3.63) is 67.9 Å². The van der Waals surface area contributed by atoms with Crippen molar-refractivity contribution in [1.82, 2.24) is 5.32 Å². The maximum Gasteiger partial charge on any atom is 0.309 e. The Labute approximate surface area is 248 Å². The van der Waals surface area contributed by atoms with Crippen LogP contribution < -0.4 is 5.32 Å². The van der Waals surface area contributed by atoms with Crippen LogP contribution in [0.5, 0.6) is 0 Å². The number of carbonyl (C=O) groups is 2. The first-order valence-corrected chi connectivity index (χ1v) is 14.5. The Kier molecular flexibility index (Phi) is 9.06. The molecule has 6 nitrogen and oxygen atoms in total. The van der Waals surface area contributed by atoms with Crippen molar-refractivity contribution < 1.29 is 41.5 Å². The molecule has 0 saturated heterocycles. The minimum atomic E-state index is -2.34. The van der Waals surface area contributed by atoms with E-state index in [2.05, 4.69) is 59.3 Å². The zero-order valence-corrected chi connectivity index (χ0v) is 25.2. The van der Waals surface area contributed by atoms with E-state index < -0.39 is 57.4 Å². The van der Waals surface area contributed by atoms with Crippen LogP contribution in [0.2, 0.25) is 0 Å². The number of amides is 1. The molecule has 228 valence electrons. The molecule has 0 aromatic heterocycles. The average Bonchev–Trinajstić information content (AvgIpc) is 2.93. The fourth-order valence-electron chi connectivity index (χ4n) is 6.39. The summed E-state index contributed by atoms with van der Waals surface area (Å²) < 4.78 is 68.9. The maximum absolute atomic E-state index is 13.9. The molecule has 2 aromatic rings. The topological polar surface area (TPSA) is 88.0 Å². The van der Waals surface area contributed by atoms with Crippen LogP contribution in [0, 0.1) is 40.4 Å². The molecule has 2 aliphatic carbocycles. The number of hydrogen-bond donors (Lipinski definition) is 2. The number of nitrogens with zero attached hydrogens (tertiary/aromatic N) is 1. The average molecular weight is 659 g/mol. The molecule has 2 N–H and O–H groups in total. The summed E-state index contributed by atoms with van der Waals surface area (Å²) in [6.45, 7) is 7.80. The molecule has 2 aliphatic rings. The van der Waals surface area contributed by atoms with Crippen LogP contribution in [0.4, 0.5) is 22.0 Å². The molecule has 0 bridgehead atoms. The molecule has 3 atom stereocenters. The zero-order valence-electron chi connectivity index (χ0n) is 23.6. The van der Waals surface area contributed by atoms with Crippen LogP contribution in [0.3, 0.4) is 0 Å². The number of hydrogen-bond acceptors (Lipinski definition) is 4. The number of nitrogens with one attached hydrogen (secondary N) is 1. The van der Waals surface area contributed by atoms with Gasteiger partial charge in [-0.2, -0.15) is 0 Å². The van der Waals surface area contributed by atoms with E-state index in [4.69, 9.17) is 4.84 Å². The molecule has 1 fully saturated rings. The smallest absolute Gasteiger partial charge is 0.309 e. The maximum atomic E-state index is 13.9. The molecule has 4 rings (SSSR count). The highest BCUT2D eigenvalue weighted by Crippen LogP contribution is 2.58. The highest BCUT2D eigenvalue weighted by molar-refractivity contribution is 9.10. The van der Waals surface area contributed by atoms with Gasteiger partial charge in [0, 0.05) is 23.0 Å². The molecule has 2 aromatic carbocycles. The SMILES string of the molecule is CC(C)c1cc2c(cc1Br)[C@@]1(C)CCC[C@@](C)(C(=O)O)[C@@H]1C/C2=N\OCCCNC(=O)c1c(F)c(F)c(F)c(F)c1F. The molecule has 0 radical (unpaired) electrons. The summed E-state index contributed by atoms with van der Waals surface area (Å²) >= 11 is 3.69. The molecule has 0 heterocycles. The summed E-state index contributed by atoms with van der Waals surface area (Å²) in [5.74, 6) is -13.5. The zero-order chi connectivity index (χ0) is 31.1. The van der Waals surface area contributed by atoms with Crippen LogP contribution >= 0.6 is 15.9 Å². The van der Waals surface area contributed by atoms with Crippen molar-refractivity contribution in [3.8, 4) is 0 Å². The van der Waals surface area contributed by atoms with Crippen LogP contribution in [0.1, 0.15) is 92.8 Å². The number of oxime groups is 1. The van der Waals surface area contributed by atoms with Gasteiger partial charge in [0.05, 0.1) is 11.1 Å². The van der Waals surface area contributed by atoms with Crippen LogP contribution in [0.25, 0.3) is 0 Å². The normalized spacial score (nSPS) is 24.4. The predicted octanol–water partition coefficient (Wildman–Crippen LogP) is 7.36.